The van der Waals surface area contributed by atoms with E-state index in [0.717, 1.165) is 17.3 Å². The van der Waals surface area contributed by atoms with Crippen molar-refractivity contribution in [1.82, 2.24) is 9.91 Å². The van der Waals surface area contributed by atoms with E-state index in [2.05, 4.69) is 5.10 Å². The average Bonchev–Trinajstić information content (AvgIpc) is 2.84. The maximum atomic E-state index is 12.9. The van der Waals surface area contributed by atoms with Crippen molar-refractivity contribution in [2.24, 2.45) is 5.10 Å². The minimum Gasteiger partial charge on any atom is -0.478 e. The van der Waals surface area contributed by atoms with Crippen molar-refractivity contribution >= 4 is 11.8 Å². The van der Waals surface area contributed by atoms with Crippen LogP contribution in [0.1, 0.15) is 16.7 Å². The van der Waals surface area contributed by atoms with Gasteiger partial charge in [-0.25, -0.2) is 4.79 Å². The summed E-state index contributed by atoms with van der Waals surface area (Å²) in [6, 6.07) is 1.16. The SMILES string of the molecule is CN1CN(/C=C\C(=O)O)N=C1c1cc(C(F)(F)F)cc(C(F)(F)F)c1. The Morgan fingerprint density at radius 3 is 2.08 bits per heavy atom. The Balaban J connectivity index is 2.50. The molecule has 0 radical (unpaired) electrons. The number of carbonyl (C=O) groups is 1. The van der Waals surface area contributed by atoms with Gasteiger partial charge in [0.15, 0.2) is 5.84 Å². The van der Waals surface area contributed by atoms with Crippen LogP contribution in [0.5, 0.6) is 0 Å². The number of hydrogen-bond donors (Lipinski definition) is 1. The molecule has 11 heteroatoms. The molecule has 1 N–H and O–H groups in total. The van der Waals surface area contributed by atoms with Crippen LogP contribution >= 0.6 is 0 Å². The third kappa shape index (κ3) is 4.43. The quantitative estimate of drug-likeness (QED) is 0.659. The molecule has 0 fully saturated rings. The first-order chi connectivity index (χ1) is 11.4. The van der Waals surface area contributed by atoms with Crippen LogP contribution in [0.25, 0.3) is 0 Å². The molecular formula is C14H11F6N3O2. The number of aliphatic carboxylic acids is 1. The predicted octanol–water partition coefficient (Wildman–Crippen LogP) is 3.19. The van der Waals surface area contributed by atoms with Crippen molar-refractivity contribution in [2.45, 2.75) is 12.4 Å². The lowest BCUT2D eigenvalue weighted by atomic mass is 10.0. The number of hydrogen-bond acceptors (Lipinski definition) is 4. The van der Waals surface area contributed by atoms with Crippen molar-refractivity contribution in [3.8, 4) is 0 Å². The minimum absolute atomic E-state index is 0.0289. The number of carboxylic acids is 1. The summed E-state index contributed by atoms with van der Waals surface area (Å²) in [5.41, 5.74) is -3.28. The number of rotatable bonds is 3. The summed E-state index contributed by atoms with van der Waals surface area (Å²) in [5.74, 6) is -1.42. The van der Waals surface area contributed by atoms with E-state index in [1.54, 1.807) is 0 Å². The molecule has 0 aromatic heterocycles. The number of amidine groups is 1. The van der Waals surface area contributed by atoms with Crippen molar-refractivity contribution < 1.29 is 36.2 Å². The van der Waals surface area contributed by atoms with E-state index in [1.165, 1.54) is 11.9 Å². The number of halogens is 6. The van der Waals surface area contributed by atoms with Gasteiger partial charge < -0.3 is 10.0 Å². The second-order valence-corrected chi connectivity index (χ2v) is 5.15. The highest BCUT2D eigenvalue weighted by molar-refractivity contribution is 5.99. The molecule has 1 aromatic carbocycles. The summed E-state index contributed by atoms with van der Waals surface area (Å²) in [4.78, 5) is 11.8. The fourth-order valence-corrected chi connectivity index (χ4v) is 2.11. The van der Waals surface area contributed by atoms with Crippen molar-refractivity contribution in [1.29, 1.82) is 0 Å². The zero-order valence-corrected chi connectivity index (χ0v) is 12.6. The molecule has 25 heavy (non-hydrogen) atoms. The highest BCUT2D eigenvalue weighted by Crippen LogP contribution is 2.36. The number of nitrogens with zero attached hydrogens (tertiary/aromatic N) is 3. The van der Waals surface area contributed by atoms with Crippen molar-refractivity contribution in [3.05, 3.63) is 47.2 Å². The van der Waals surface area contributed by atoms with Crippen LogP contribution in [0, 0.1) is 0 Å². The first-order valence-corrected chi connectivity index (χ1v) is 6.65. The van der Waals surface area contributed by atoms with E-state index in [0.29, 0.717) is 12.1 Å². The molecule has 0 amide bonds. The predicted molar refractivity (Wildman–Crippen MR) is 74.2 cm³/mol. The lowest BCUT2D eigenvalue weighted by molar-refractivity contribution is -0.143. The zero-order chi connectivity index (χ0) is 19.0. The molecule has 0 aliphatic carbocycles. The molecule has 1 aromatic rings. The van der Waals surface area contributed by atoms with Crippen molar-refractivity contribution in [2.75, 3.05) is 13.7 Å². The van der Waals surface area contributed by atoms with Gasteiger partial charge >= 0.3 is 18.3 Å². The standard InChI is InChI=1S/C14H11F6N3O2/c1-22-7-23(3-2-11(24)25)21-12(22)8-4-9(13(15,16)17)6-10(5-8)14(18,19)20/h2-6H,7H2,1H3,(H,24,25)/b3-2-. The van der Waals surface area contributed by atoms with Crippen LogP contribution in [0.4, 0.5) is 26.3 Å². The largest absolute Gasteiger partial charge is 0.478 e. The molecule has 0 unspecified atom stereocenters. The summed E-state index contributed by atoms with van der Waals surface area (Å²) >= 11 is 0. The maximum Gasteiger partial charge on any atom is 0.416 e. The van der Waals surface area contributed by atoms with Gasteiger partial charge in [-0.1, -0.05) is 0 Å². The van der Waals surface area contributed by atoms with E-state index in [9.17, 15) is 31.1 Å². The summed E-state index contributed by atoms with van der Waals surface area (Å²) in [6.45, 7) is -0.0310. The van der Waals surface area contributed by atoms with E-state index in [1.807, 2.05) is 0 Å². The third-order valence-electron chi connectivity index (χ3n) is 3.18. The van der Waals surface area contributed by atoms with Crippen LogP contribution in [0.15, 0.2) is 35.6 Å². The second kappa shape index (κ2) is 6.30. The molecular weight excluding hydrogens is 356 g/mol. The molecule has 0 saturated heterocycles. The lowest BCUT2D eigenvalue weighted by Crippen LogP contribution is -2.26. The molecule has 0 bridgehead atoms. The highest BCUT2D eigenvalue weighted by atomic mass is 19.4. The normalized spacial score (nSPS) is 15.9. The second-order valence-electron chi connectivity index (χ2n) is 5.15. The number of benzene rings is 1. The Labute approximate surface area is 137 Å². The van der Waals surface area contributed by atoms with E-state index in [-0.39, 0.29) is 24.1 Å². The topological polar surface area (TPSA) is 56.1 Å². The number of alkyl halides is 6. The summed E-state index contributed by atoms with van der Waals surface area (Å²) in [6.07, 6.45) is -8.13. The van der Waals surface area contributed by atoms with Gasteiger partial charge in [0.05, 0.1) is 11.1 Å². The molecule has 0 atom stereocenters. The summed E-state index contributed by atoms with van der Waals surface area (Å²) in [5, 5.41) is 13.5. The molecule has 136 valence electrons. The fraction of sp³-hybridized carbons (Fsp3) is 0.286. The Bertz CT molecular complexity index is 707. The van der Waals surface area contributed by atoms with Crippen LogP contribution in [0.2, 0.25) is 0 Å². The van der Waals surface area contributed by atoms with E-state index >= 15 is 0 Å². The first kappa shape index (κ1) is 18.6. The molecule has 0 saturated carbocycles. The number of hydrazone groups is 1. The monoisotopic (exact) mass is 367 g/mol. The molecule has 1 aliphatic heterocycles. The fourth-order valence-electron chi connectivity index (χ4n) is 2.11. The molecule has 1 aliphatic rings. The van der Waals surface area contributed by atoms with Gasteiger partial charge in [-0.15, -0.1) is 0 Å². The van der Waals surface area contributed by atoms with Gasteiger partial charge in [0.2, 0.25) is 0 Å². The third-order valence-corrected chi connectivity index (χ3v) is 3.18. The van der Waals surface area contributed by atoms with Crippen LogP contribution in [0.3, 0.4) is 0 Å². The van der Waals surface area contributed by atoms with E-state index < -0.39 is 29.4 Å². The zero-order valence-electron chi connectivity index (χ0n) is 12.6. The van der Waals surface area contributed by atoms with Crippen LogP contribution in [-0.4, -0.2) is 40.5 Å². The van der Waals surface area contributed by atoms with Crippen LogP contribution in [-0.2, 0) is 17.1 Å². The van der Waals surface area contributed by atoms with Gasteiger partial charge in [0.25, 0.3) is 0 Å². The van der Waals surface area contributed by atoms with E-state index in [4.69, 9.17) is 5.11 Å². The Morgan fingerprint density at radius 2 is 1.64 bits per heavy atom. The van der Waals surface area contributed by atoms with Gasteiger partial charge in [-0.3, -0.25) is 5.01 Å². The summed E-state index contributed by atoms with van der Waals surface area (Å²) in [7, 11) is 1.40. The molecule has 0 spiro atoms. The smallest absolute Gasteiger partial charge is 0.416 e. The van der Waals surface area contributed by atoms with Gasteiger partial charge in [0, 0.05) is 24.9 Å². The Kier molecular flexibility index (Phi) is 4.69. The Morgan fingerprint density at radius 1 is 1.12 bits per heavy atom. The maximum absolute atomic E-state index is 12.9. The lowest BCUT2D eigenvalue weighted by Gasteiger charge is -2.17. The summed E-state index contributed by atoms with van der Waals surface area (Å²) < 4.78 is 77.4. The van der Waals surface area contributed by atoms with Gasteiger partial charge in [0.1, 0.15) is 6.67 Å². The first-order valence-electron chi connectivity index (χ1n) is 6.65. The molecule has 5 nitrogen and oxygen atoms in total. The molecule has 1 heterocycles. The van der Waals surface area contributed by atoms with Crippen molar-refractivity contribution in [3.63, 3.8) is 0 Å². The Hall–Kier alpha value is -2.72. The van der Waals surface area contributed by atoms with Crippen LogP contribution < -0.4 is 0 Å². The number of carboxylic acid groups (broad SMARTS) is 1. The van der Waals surface area contributed by atoms with Gasteiger partial charge in [-0.2, -0.15) is 31.4 Å². The average molecular weight is 367 g/mol. The molecule has 2 rings (SSSR count). The van der Waals surface area contributed by atoms with Gasteiger partial charge in [-0.05, 0) is 18.2 Å². The highest BCUT2D eigenvalue weighted by Gasteiger charge is 2.38. The minimum atomic E-state index is -4.96.